The molecule has 2 rings (SSSR count). The highest BCUT2D eigenvalue weighted by molar-refractivity contribution is 7.97. The van der Waals surface area contributed by atoms with Crippen LogP contribution in [0.3, 0.4) is 0 Å². The number of hydrogen-bond donors (Lipinski definition) is 2. The van der Waals surface area contributed by atoms with E-state index in [0.717, 1.165) is 0 Å². The third kappa shape index (κ3) is 1.36. The normalized spacial score (nSPS) is 21.4. The van der Waals surface area contributed by atoms with E-state index in [4.69, 9.17) is 10.5 Å². The fourth-order valence-corrected chi connectivity index (χ4v) is 1.39. The zero-order valence-corrected chi connectivity index (χ0v) is 6.86. The number of hydrogen-bond acceptors (Lipinski definition) is 6. The lowest BCUT2D eigenvalue weighted by atomic mass is 10.9. The lowest BCUT2D eigenvalue weighted by molar-refractivity contribution is 0.115. The second-order valence-corrected chi connectivity index (χ2v) is 3.04. The summed E-state index contributed by atoms with van der Waals surface area (Å²) >= 11 is 1.33. The molecule has 64 valence electrons. The van der Waals surface area contributed by atoms with Crippen LogP contribution in [0.15, 0.2) is 23.9 Å². The Morgan fingerprint density at radius 1 is 1.75 bits per heavy atom. The molecule has 0 aliphatic carbocycles. The first kappa shape index (κ1) is 7.44. The van der Waals surface area contributed by atoms with Crippen LogP contribution in [0.2, 0.25) is 0 Å². The Labute approximate surface area is 72.9 Å². The molecule has 1 aliphatic heterocycles. The Morgan fingerprint density at radius 3 is 3.25 bits per heavy atom. The average molecular weight is 185 g/mol. The van der Waals surface area contributed by atoms with Gasteiger partial charge >= 0.3 is 0 Å². The summed E-state index contributed by atoms with van der Waals surface area (Å²) < 4.78 is 6.68. The predicted octanol–water partition coefficient (Wildman–Crippen LogP) is -0.143. The number of nitrogens with zero attached hydrogens (tertiary/aromatic N) is 3. The maximum Gasteiger partial charge on any atom is 0.236 e. The van der Waals surface area contributed by atoms with Gasteiger partial charge in [0.1, 0.15) is 12.6 Å². The average Bonchev–Trinajstić information content (AvgIpc) is 2.65. The molecule has 0 aromatic carbocycles. The summed E-state index contributed by atoms with van der Waals surface area (Å²) in [4.78, 5) is 3.92. The summed E-state index contributed by atoms with van der Waals surface area (Å²) in [6.45, 7) is 0. The first-order valence-electron chi connectivity index (χ1n) is 3.25. The quantitative estimate of drug-likeness (QED) is 0.624. The van der Waals surface area contributed by atoms with E-state index in [-0.39, 0.29) is 0 Å². The van der Waals surface area contributed by atoms with Crippen molar-refractivity contribution in [3.8, 4) is 0 Å². The molecule has 0 saturated carbocycles. The van der Waals surface area contributed by atoms with Gasteiger partial charge in [-0.25, -0.2) is 4.98 Å². The van der Waals surface area contributed by atoms with Gasteiger partial charge in [0.2, 0.25) is 11.5 Å². The monoisotopic (exact) mass is 185 g/mol. The van der Waals surface area contributed by atoms with Gasteiger partial charge in [-0.15, -0.1) is 0 Å². The Balaban J connectivity index is 1.99. The minimum atomic E-state index is -0.444. The number of H-pyrrole nitrogens is 1. The molecular formula is C5H7N5OS. The van der Waals surface area contributed by atoms with Crippen LogP contribution in [0, 0.1) is 0 Å². The molecule has 3 N–H and O–H groups in total. The Kier molecular flexibility index (Phi) is 1.88. The van der Waals surface area contributed by atoms with Crippen molar-refractivity contribution in [3.63, 3.8) is 0 Å². The van der Waals surface area contributed by atoms with Gasteiger partial charge in [0, 0.05) is 11.9 Å². The summed E-state index contributed by atoms with van der Waals surface area (Å²) in [5.74, 6) is 0. The van der Waals surface area contributed by atoms with E-state index >= 15 is 0 Å². The van der Waals surface area contributed by atoms with Crippen LogP contribution in [0.25, 0.3) is 0 Å². The minimum Gasteiger partial charge on any atom is -0.463 e. The van der Waals surface area contributed by atoms with Crippen molar-refractivity contribution < 1.29 is 4.74 Å². The fourth-order valence-electron chi connectivity index (χ4n) is 0.741. The maximum absolute atomic E-state index is 5.55. The van der Waals surface area contributed by atoms with Crippen molar-refractivity contribution in [1.82, 2.24) is 19.5 Å². The molecule has 0 saturated heterocycles. The van der Waals surface area contributed by atoms with Gasteiger partial charge in [-0.1, -0.05) is 0 Å². The summed E-state index contributed by atoms with van der Waals surface area (Å²) in [7, 11) is 0. The van der Waals surface area contributed by atoms with Crippen molar-refractivity contribution in [2.45, 2.75) is 11.5 Å². The molecule has 0 amide bonds. The lowest BCUT2D eigenvalue weighted by Crippen LogP contribution is -2.31. The highest BCUT2D eigenvalue weighted by Crippen LogP contribution is 2.23. The highest BCUT2D eigenvalue weighted by Gasteiger charge is 2.17. The molecule has 0 radical (unpaired) electrons. The minimum absolute atomic E-state index is 0.444. The highest BCUT2D eigenvalue weighted by atomic mass is 32.2. The first-order valence-corrected chi connectivity index (χ1v) is 4.03. The molecule has 1 aromatic heterocycles. The van der Waals surface area contributed by atoms with Crippen LogP contribution < -0.4 is 5.73 Å². The second kappa shape index (κ2) is 3.03. The predicted molar refractivity (Wildman–Crippen MR) is 42.3 cm³/mol. The van der Waals surface area contributed by atoms with Gasteiger partial charge in [-0.3, -0.25) is 15.1 Å². The van der Waals surface area contributed by atoms with Crippen molar-refractivity contribution in [2.75, 3.05) is 0 Å². The molecule has 6 nitrogen and oxygen atoms in total. The largest absolute Gasteiger partial charge is 0.463 e. The number of aromatic nitrogens is 3. The van der Waals surface area contributed by atoms with Crippen LogP contribution in [0.1, 0.15) is 0 Å². The number of nitrogens with one attached hydrogen (secondary N) is 1. The van der Waals surface area contributed by atoms with Gasteiger partial charge in [-0.2, -0.15) is 5.10 Å². The number of ether oxygens (including phenoxy) is 1. The van der Waals surface area contributed by atoms with Crippen molar-refractivity contribution in [2.24, 2.45) is 5.73 Å². The standard InChI is InChI=1S/C5H7N5OS/c6-4-10(1-2-11-4)12-5-7-3-8-9-5/h1-4H,6H2,(H,7,8,9). The number of aromatic amines is 1. The van der Waals surface area contributed by atoms with Gasteiger partial charge in [0.25, 0.3) is 0 Å². The number of nitrogens with two attached hydrogens (primary N) is 1. The van der Waals surface area contributed by atoms with Crippen molar-refractivity contribution >= 4 is 11.9 Å². The summed E-state index contributed by atoms with van der Waals surface area (Å²) in [5, 5.41) is 7.08. The van der Waals surface area contributed by atoms with Gasteiger partial charge < -0.3 is 4.74 Å². The molecular weight excluding hydrogens is 178 g/mol. The van der Waals surface area contributed by atoms with Crippen LogP contribution >= 0.6 is 11.9 Å². The van der Waals surface area contributed by atoms with E-state index in [1.807, 2.05) is 0 Å². The molecule has 0 spiro atoms. The van der Waals surface area contributed by atoms with E-state index in [9.17, 15) is 0 Å². The molecule has 2 heterocycles. The Bertz CT molecular complexity index is 273. The zero-order valence-electron chi connectivity index (χ0n) is 6.04. The maximum atomic E-state index is 5.55. The molecule has 0 fully saturated rings. The molecule has 7 heteroatoms. The number of rotatable bonds is 2. The molecule has 1 unspecified atom stereocenters. The van der Waals surface area contributed by atoms with E-state index in [1.54, 1.807) is 10.5 Å². The Morgan fingerprint density at radius 2 is 2.67 bits per heavy atom. The van der Waals surface area contributed by atoms with Crippen molar-refractivity contribution in [1.29, 1.82) is 0 Å². The summed E-state index contributed by atoms with van der Waals surface area (Å²) in [5.41, 5.74) is 5.55. The molecule has 12 heavy (non-hydrogen) atoms. The third-order valence-electron chi connectivity index (χ3n) is 1.26. The van der Waals surface area contributed by atoms with Crippen LogP contribution in [0.4, 0.5) is 0 Å². The molecule has 0 bridgehead atoms. The Hall–Kier alpha value is -1.21. The zero-order chi connectivity index (χ0) is 8.39. The SMILES string of the molecule is NC1OC=CN1Sc1ncn[nH]1. The molecule has 1 atom stereocenters. The van der Waals surface area contributed by atoms with E-state index in [1.165, 1.54) is 24.5 Å². The second-order valence-electron chi connectivity index (χ2n) is 2.05. The summed E-state index contributed by atoms with van der Waals surface area (Å²) in [6, 6.07) is 0. The van der Waals surface area contributed by atoms with E-state index < -0.39 is 6.35 Å². The smallest absolute Gasteiger partial charge is 0.236 e. The molecule has 1 aromatic rings. The third-order valence-corrected chi connectivity index (χ3v) is 2.17. The topological polar surface area (TPSA) is 80.1 Å². The van der Waals surface area contributed by atoms with Gasteiger partial charge in [-0.05, 0) is 0 Å². The summed E-state index contributed by atoms with van der Waals surface area (Å²) in [6.07, 6.45) is 4.26. The van der Waals surface area contributed by atoms with Crippen LogP contribution in [-0.2, 0) is 4.74 Å². The van der Waals surface area contributed by atoms with Gasteiger partial charge in [0.05, 0.1) is 6.20 Å². The van der Waals surface area contributed by atoms with Gasteiger partial charge in [0.15, 0.2) is 0 Å². The van der Waals surface area contributed by atoms with E-state index in [0.29, 0.717) is 5.16 Å². The first-order chi connectivity index (χ1) is 5.86. The van der Waals surface area contributed by atoms with Crippen molar-refractivity contribution in [3.05, 3.63) is 18.8 Å². The fraction of sp³-hybridized carbons (Fsp3) is 0.200. The molecule has 1 aliphatic rings. The van der Waals surface area contributed by atoms with Crippen LogP contribution in [-0.4, -0.2) is 25.8 Å². The van der Waals surface area contributed by atoms with E-state index in [2.05, 4.69) is 15.2 Å². The van der Waals surface area contributed by atoms with Crippen LogP contribution in [0.5, 0.6) is 0 Å². The lowest BCUT2D eigenvalue weighted by Gasteiger charge is -2.16.